The largest absolute Gasteiger partial charge is 0.398 e. The number of nitrogens with two attached hydrogens (primary N) is 2. The minimum Gasteiger partial charge on any atom is -0.398 e. The molecule has 17 heavy (non-hydrogen) atoms. The molecular formula is C14H14N2O. The monoisotopic (exact) mass is 226 g/mol. The van der Waals surface area contributed by atoms with E-state index >= 15 is 0 Å². The summed E-state index contributed by atoms with van der Waals surface area (Å²) >= 11 is 0. The molecule has 0 unspecified atom stereocenters. The molecule has 86 valence electrons. The van der Waals surface area contributed by atoms with Crippen molar-refractivity contribution in [2.75, 3.05) is 5.73 Å². The third-order valence-electron chi connectivity index (χ3n) is 2.73. The van der Waals surface area contributed by atoms with Gasteiger partial charge >= 0.3 is 0 Å². The Labute approximate surface area is 100 Å². The van der Waals surface area contributed by atoms with Crippen molar-refractivity contribution >= 4 is 11.6 Å². The molecule has 0 aromatic heterocycles. The standard InChI is InChI=1S/C14H14N2O/c1-9-5-7-10(8-6-9)11-3-2-4-12(13(11)15)14(16)17/h2-8H,15H2,1H3,(H2,16,17). The molecule has 3 heteroatoms. The van der Waals surface area contributed by atoms with E-state index in [9.17, 15) is 4.79 Å². The average Bonchev–Trinajstić information content (AvgIpc) is 2.30. The Kier molecular flexibility index (Phi) is 2.83. The number of aryl methyl sites for hydroxylation is 1. The highest BCUT2D eigenvalue weighted by atomic mass is 16.1. The van der Waals surface area contributed by atoms with E-state index in [2.05, 4.69) is 0 Å². The van der Waals surface area contributed by atoms with Crippen molar-refractivity contribution in [3.05, 3.63) is 53.6 Å². The van der Waals surface area contributed by atoms with Crippen LogP contribution in [0.25, 0.3) is 11.1 Å². The Morgan fingerprint density at radius 2 is 1.71 bits per heavy atom. The molecule has 2 aromatic carbocycles. The van der Waals surface area contributed by atoms with E-state index in [4.69, 9.17) is 11.5 Å². The van der Waals surface area contributed by atoms with Crippen LogP contribution in [0.15, 0.2) is 42.5 Å². The predicted octanol–water partition coefficient (Wildman–Crippen LogP) is 2.34. The fourth-order valence-corrected chi connectivity index (χ4v) is 1.76. The minimum atomic E-state index is -0.503. The molecule has 4 N–H and O–H groups in total. The first-order valence-electron chi connectivity index (χ1n) is 5.35. The van der Waals surface area contributed by atoms with Crippen molar-refractivity contribution in [3.63, 3.8) is 0 Å². The Bertz CT molecular complexity index is 559. The summed E-state index contributed by atoms with van der Waals surface area (Å²) in [5, 5.41) is 0. The van der Waals surface area contributed by atoms with Gasteiger partial charge in [-0.1, -0.05) is 42.0 Å². The molecule has 0 spiro atoms. The van der Waals surface area contributed by atoms with Gasteiger partial charge in [-0.05, 0) is 18.6 Å². The van der Waals surface area contributed by atoms with Crippen LogP contribution in [0.1, 0.15) is 15.9 Å². The van der Waals surface area contributed by atoms with E-state index in [0.29, 0.717) is 11.3 Å². The first-order valence-corrected chi connectivity index (χ1v) is 5.35. The maximum Gasteiger partial charge on any atom is 0.250 e. The van der Waals surface area contributed by atoms with Crippen LogP contribution in [0.5, 0.6) is 0 Å². The van der Waals surface area contributed by atoms with Gasteiger partial charge in [-0.3, -0.25) is 4.79 Å². The fourth-order valence-electron chi connectivity index (χ4n) is 1.76. The molecule has 0 atom stereocenters. The van der Waals surface area contributed by atoms with E-state index in [0.717, 1.165) is 11.1 Å². The molecular weight excluding hydrogens is 212 g/mol. The van der Waals surface area contributed by atoms with Crippen LogP contribution in [0, 0.1) is 6.92 Å². The van der Waals surface area contributed by atoms with Crippen molar-refractivity contribution in [1.82, 2.24) is 0 Å². The van der Waals surface area contributed by atoms with Crippen molar-refractivity contribution in [1.29, 1.82) is 0 Å². The number of carbonyl (C=O) groups is 1. The summed E-state index contributed by atoms with van der Waals surface area (Å²) in [6, 6.07) is 13.3. The molecule has 2 aromatic rings. The molecule has 2 rings (SSSR count). The van der Waals surface area contributed by atoms with E-state index in [1.54, 1.807) is 12.1 Å². The summed E-state index contributed by atoms with van der Waals surface area (Å²) in [5.74, 6) is -0.503. The number of para-hydroxylation sites is 1. The second-order valence-electron chi connectivity index (χ2n) is 4.00. The average molecular weight is 226 g/mol. The molecule has 0 radical (unpaired) electrons. The first-order chi connectivity index (χ1) is 8.09. The Hall–Kier alpha value is -2.29. The van der Waals surface area contributed by atoms with Gasteiger partial charge in [0.25, 0.3) is 5.91 Å². The lowest BCUT2D eigenvalue weighted by molar-refractivity contribution is 0.100. The number of amides is 1. The van der Waals surface area contributed by atoms with Crippen LogP contribution in [-0.2, 0) is 0 Å². The summed E-state index contributed by atoms with van der Waals surface area (Å²) in [5.41, 5.74) is 15.0. The van der Waals surface area contributed by atoms with E-state index in [-0.39, 0.29) is 0 Å². The topological polar surface area (TPSA) is 69.1 Å². The molecule has 0 aliphatic rings. The second-order valence-corrected chi connectivity index (χ2v) is 4.00. The van der Waals surface area contributed by atoms with Gasteiger partial charge in [0, 0.05) is 5.56 Å². The van der Waals surface area contributed by atoms with Crippen molar-refractivity contribution < 1.29 is 4.79 Å². The third kappa shape index (κ3) is 2.13. The number of hydrogen-bond donors (Lipinski definition) is 2. The van der Waals surface area contributed by atoms with E-state index in [1.165, 1.54) is 5.56 Å². The normalized spacial score (nSPS) is 10.2. The SMILES string of the molecule is Cc1ccc(-c2cccc(C(N)=O)c2N)cc1. The molecule has 3 nitrogen and oxygen atoms in total. The summed E-state index contributed by atoms with van der Waals surface area (Å²) in [6.45, 7) is 2.02. The maximum atomic E-state index is 11.2. The van der Waals surface area contributed by atoms with Crippen LogP contribution >= 0.6 is 0 Å². The van der Waals surface area contributed by atoms with E-state index in [1.807, 2.05) is 37.3 Å². The zero-order valence-corrected chi connectivity index (χ0v) is 9.60. The van der Waals surface area contributed by atoms with Crippen molar-refractivity contribution in [2.24, 2.45) is 5.73 Å². The second kappa shape index (κ2) is 4.29. The fraction of sp³-hybridized carbons (Fsp3) is 0.0714. The molecule has 1 amide bonds. The molecule has 0 bridgehead atoms. The Morgan fingerprint density at radius 1 is 1.06 bits per heavy atom. The van der Waals surface area contributed by atoms with Crippen molar-refractivity contribution in [2.45, 2.75) is 6.92 Å². The van der Waals surface area contributed by atoms with Gasteiger partial charge in [-0.15, -0.1) is 0 Å². The Balaban J connectivity index is 2.56. The van der Waals surface area contributed by atoms with Crippen LogP contribution in [-0.4, -0.2) is 5.91 Å². The van der Waals surface area contributed by atoms with Gasteiger partial charge in [0.1, 0.15) is 0 Å². The zero-order valence-electron chi connectivity index (χ0n) is 9.60. The number of benzene rings is 2. The number of anilines is 1. The third-order valence-corrected chi connectivity index (χ3v) is 2.73. The summed E-state index contributed by atoms with van der Waals surface area (Å²) in [4.78, 5) is 11.2. The number of carbonyl (C=O) groups excluding carboxylic acids is 1. The smallest absolute Gasteiger partial charge is 0.250 e. The molecule has 0 saturated carbocycles. The number of primary amides is 1. The maximum absolute atomic E-state index is 11.2. The van der Waals surface area contributed by atoms with Gasteiger partial charge in [0.2, 0.25) is 0 Å². The first kappa shape index (κ1) is 11.2. The summed E-state index contributed by atoms with van der Waals surface area (Å²) in [7, 11) is 0. The summed E-state index contributed by atoms with van der Waals surface area (Å²) in [6.07, 6.45) is 0. The molecule has 0 aliphatic carbocycles. The van der Waals surface area contributed by atoms with Gasteiger partial charge in [-0.25, -0.2) is 0 Å². The highest BCUT2D eigenvalue weighted by molar-refractivity contribution is 6.01. The number of rotatable bonds is 2. The molecule has 0 fully saturated rings. The predicted molar refractivity (Wildman–Crippen MR) is 69.5 cm³/mol. The number of nitrogen functional groups attached to an aromatic ring is 1. The lowest BCUT2D eigenvalue weighted by atomic mass is 9.99. The van der Waals surface area contributed by atoms with Gasteiger partial charge < -0.3 is 11.5 Å². The molecule has 0 saturated heterocycles. The van der Waals surface area contributed by atoms with Gasteiger partial charge in [-0.2, -0.15) is 0 Å². The Morgan fingerprint density at radius 3 is 2.29 bits per heavy atom. The van der Waals surface area contributed by atoms with Gasteiger partial charge in [0.15, 0.2) is 0 Å². The van der Waals surface area contributed by atoms with Crippen LogP contribution < -0.4 is 11.5 Å². The quantitative estimate of drug-likeness (QED) is 0.772. The lowest BCUT2D eigenvalue weighted by Crippen LogP contribution is -2.13. The zero-order chi connectivity index (χ0) is 12.4. The van der Waals surface area contributed by atoms with Crippen LogP contribution in [0.2, 0.25) is 0 Å². The molecule has 0 aliphatic heterocycles. The lowest BCUT2D eigenvalue weighted by Gasteiger charge is -2.09. The van der Waals surface area contributed by atoms with E-state index < -0.39 is 5.91 Å². The van der Waals surface area contributed by atoms with Crippen LogP contribution in [0.3, 0.4) is 0 Å². The van der Waals surface area contributed by atoms with Gasteiger partial charge in [0.05, 0.1) is 11.3 Å². The highest BCUT2D eigenvalue weighted by Crippen LogP contribution is 2.28. The van der Waals surface area contributed by atoms with Crippen LogP contribution in [0.4, 0.5) is 5.69 Å². The highest BCUT2D eigenvalue weighted by Gasteiger charge is 2.10. The number of hydrogen-bond acceptors (Lipinski definition) is 2. The minimum absolute atomic E-state index is 0.364. The summed E-state index contributed by atoms with van der Waals surface area (Å²) < 4.78 is 0. The van der Waals surface area contributed by atoms with Crippen molar-refractivity contribution in [3.8, 4) is 11.1 Å². The molecule has 0 heterocycles.